The van der Waals surface area contributed by atoms with Crippen molar-refractivity contribution in [1.29, 1.82) is 0 Å². The molecule has 108 valence electrons. The summed E-state index contributed by atoms with van der Waals surface area (Å²) in [6.45, 7) is 2.82. The van der Waals surface area contributed by atoms with Gasteiger partial charge >= 0.3 is 0 Å². The Morgan fingerprint density at radius 1 is 1.30 bits per heavy atom. The normalized spacial score (nSPS) is 16.8. The maximum absolute atomic E-state index is 12.3. The van der Waals surface area contributed by atoms with Crippen LogP contribution < -0.4 is 5.73 Å². The second-order valence-corrected chi connectivity index (χ2v) is 5.18. The van der Waals surface area contributed by atoms with E-state index in [1.807, 2.05) is 4.90 Å². The predicted octanol–water partition coefficient (Wildman–Crippen LogP) is 0.368. The number of amides is 2. The van der Waals surface area contributed by atoms with E-state index in [1.54, 1.807) is 17.0 Å². The SMILES string of the molecule is NC(=O)CN1CCCN(C(=O)c2cc(Cl)ccn2)CC1. The average molecular weight is 297 g/mol. The van der Waals surface area contributed by atoms with Crippen LogP contribution in [0, 0.1) is 0 Å². The van der Waals surface area contributed by atoms with Gasteiger partial charge in [0.25, 0.3) is 5.91 Å². The molecule has 0 bridgehead atoms. The molecule has 1 aliphatic heterocycles. The van der Waals surface area contributed by atoms with Crippen LogP contribution in [0.4, 0.5) is 0 Å². The van der Waals surface area contributed by atoms with Crippen molar-refractivity contribution in [3.63, 3.8) is 0 Å². The van der Waals surface area contributed by atoms with E-state index in [2.05, 4.69) is 4.98 Å². The Morgan fingerprint density at radius 2 is 2.10 bits per heavy atom. The number of nitrogens with two attached hydrogens (primary N) is 1. The molecule has 2 heterocycles. The van der Waals surface area contributed by atoms with Gasteiger partial charge in [0, 0.05) is 37.4 Å². The first-order chi connectivity index (χ1) is 9.56. The third-order valence-corrected chi connectivity index (χ3v) is 3.43. The van der Waals surface area contributed by atoms with Crippen LogP contribution in [-0.2, 0) is 4.79 Å². The zero-order valence-electron chi connectivity index (χ0n) is 11.1. The minimum atomic E-state index is -0.346. The Labute approximate surface area is 122 Å². The zero-order valence-corrected chi connectivity index (χ0v) is 11.8. The minimum absolute atomic E-state index is 0.131. The van der Waals surface area contributed by atoms with Crippen molar-refractivity contribution >= 4 is 23.4 Å². The third kappa shape index (κ3) is 3.91. The lowest BCUT2D eigenvalue weighted by Gasteiger charge is -2.21. The summed E-state index contributed by atoms with van der Waals surface area (Å²) in [5, 5.41) is 0.494. The fraction of sp³-hybridized carbons (Fsp3) is 0.462. The van der Waals surface area contributed by atoms with E-state index in [9.17, 15) is 9.59 Å². The average Bonchev–Trinajstić information content (AvgIpc) is 2.63. The van der Waals surface area contributed by atoms with Gasteiger partial charge in [0.1, 0.15) is 5.69 Å². The monoisotopic (exact) mass is 296 g/mol. The molecule has 1 fully saturated rings. The smallest absolute Gasteiger partial charge is 0.272 e. The number of hydrogen-bond donors (Lipinski definition) is 1. The Hall–Kier alpha value is -1.66. The zero-order chi connectivity index (χ0) is 14.5. The summed E-state index contributed by atoms with van der Waals surface area (Å²) in [5.74, 6) is -0.477. The fourth-order valence-corrected chi connectivity index (χ4v) is 2.40. The van der Waals surface area contributed by atoms with Crippen molar-refractivity contribution in [2.75, 3.05) is 32.7 Å². The third-order valence-electron chi connectivity index (χ3n) is 3.20. The molecule has 2 amide bonds. The topological polar surface area (TPSA) is 79.5 Å². The summed E-state index contributed by atoms with van der Waals surface area (Å²) in [7, 11) is 0. The highest BCUT2D eigenvalue weighted by Gasteiger charge is 2.21. The predicted molar refractivity (Wildman–Crippen MR) is 75.4 cm³/mol. The van der Waals surface area contributed by atoms with Crippen LogP contribution in [0.25, 0.3) is 0 Å². The van der Waals surface area contributed by atoms with Gasteiger partial charge in [-0.1, -0.05) is 11.6 Å². The molecule has 0 atom stereocenters. The van der Waals surface area contributed by atoms with Crippen molar-refractivity contribution < 1.29 is 9.59 Å². The molecule has 0 spiro atoms. The van der Waals surface area contributed by atoms with Crippen LogP contribution in [0.2, 0.25) is 5.02 Å². The molecule has 1 saturated heterocycles. The van der Waals surface area contributed by atoms with Crippen LogP contribution in [-0.4, -0.2) is 59.3 Å². The van der Waals surface area contributed by atoms with Crippen LogP contribution in [0.15, 0.2) is 18.3 Å². The minimum Gasteiger partial charge on any atom is -0.369 e. The standard InChI is InChI=1S/C13H17ClN4O2/c14-10-2-3-16-11(8-10)13(20)18-5-1-4-17(6-7-18)9-12(15)19/h2-3,8H,1,4-7,9H2,(H2,15,19). The number of rotatable bonds is 3. The van der Waals surface area contributed by atoms with Gasteiger partial charge in [-0.3, -0.25) is 19.5 Å². The highest BCUT2D eigenvalue weighted by atomic mass is 35.5. The first kappa shape index (κ1) is 14.7. The maximum atomic E-state index is 12.3. The van der Waals surface area contributed by atoms with E-state index in [1.165, 1.54) is 6.20 Å². The van der Waals surface area contributed by atoms with Crippen LogP contribution in [0.1, 0.15) is 16.9 Å². The Bertz CT molecular complexity index is 509. The van der Waals surface area contributed by atoms with Gasteiger partial charge in [0.2, 0.25) is 5.91 Å². The number of nitrogens with zero attached hydrogens (tertiary/aromatic N) is 3. The van der Waals surface area contributed by atoms with Gasteiger partial charge in [0.15, 0.2) is 0 Å². The summed E-state index contributed by atoms with van der Waals surface area (Å²) in [6.07, 6.45) is 2.33. The first-order valence-electron chi connectivity index (χ1n) is 6.48. The molecular weight excluding hydrogens is 280 g/mol. The van der Waals surface area contributed by atoms with E-state index in [4.69, 9.17) is 17.3 Å². The molecule has 1 aromatic heterocycles. The largest absolute Gasteiger partial charge is 0.369 e. The molecule has 0 aromatic carbocycles. The summed E-state index contributed by atoms with van der Waals surface area (Å²) >= 11 is 5.87. The Kier molecular flexibility index (Phi) is 4.92. The quantitative estimate of drug-likeness (QED) is 0.874. The van der Waals surface area contributed by atoms with Crippen LogP contribution in [0.5, 0.6) is 0 Å². The summed E-state index contributed by atoms with van der Waals surface area (Å²) in [5.41, 5.74) is 5.54. The molecule has 20 heavy (non-hydrogen) atoms. The van der Waals surface area contributed by atoms with Crippen molar-refractivity contribution in [3.8, 4) is 0 Å². The van der Waals surface area contributed by atoms with E-state index in [-0.39, 0.29) is 18.4 Å². The van der Waals surface area contributed by atoms with E-state index >= 15 is 0 Å². The van der Waals surface area contributed by atoms with Gasteiger partial charge in [-0.25, -0.2) is 0 Å². The van der Waals surface area contributed by atoms with E-state index in [0.717, 1.165) is 13.0 Å². The fourth-order valence-electron chi connectivity index (χ4n) is 2.24. The van der Waals surface area contributed by atoms with Gasteiger partial charge < -0.3 is 10.6 Å². The van der Waals surface area contributed by atoms with Crippen LogP contribution in [0.3, 0.4) is 0 Å². The number of pyridine rings is 1. The summed E-state index contributed by atoms with van der Waals surface area (Å²) in [6, 6.07) is 3.20. The molecule has 1 aliphatic rings. The number of carbonyl (C=O) groups excluding carboxylic acids is 2. The lowest BCUT2D eigenvalue weighted by atomic mass is 10.3. The molecule has 0 radical (unpaired) electrons. The molecule has 2 rings (SSSR count). The van der Waals surface area contributed by atoms with Crippen molar-refractivity contribution in [3.05, 3.63) is 29.0 Å². The maximum Gasteiger partial charge on any atom is 0.272 e. The Morgan fingerprint density at radius 3 is 2.80 bits per heavy atom. The molecule has 0 unspecified atom stereocenters. The molecule has 1 aromatic rings. The molecule has 0 aliphatic carbocycles. The number of primary amides is 1. The van der Waals surface area contributed by atoms with Crippen molar-refractivity contribution in [2.24, 2.45) is 5.73 Å². The van der Waals surface area contributed by atoms with E-state index < -0.39 is 0 Å². The molecule has 7 heteroatoms. The lowest BCUT2D eigenvalue weighted by molar-refractivity contribution is -0.119. The number of hydrogen-bond acceptors (Lipinski definition) is 4. The first-order valence-corrected chi connectivity index (χ1v) is 6.85. The number of halogens is 1. The Balaban J connectivity index is 1.99. The van der Waals surface area contributed by atoms with Gasteiger partial charge in [-0.05, 0) is 18.6 Å². The lowest BCUT2D eigenvalue weighted by Crippen LogP contribution is -2.38. The molecule has 6 nitrogen and oxygen atoms in total. The van der Waals surface area contributed by atoms with E-state index in [0.29, 0.717) is 30.4 Å². The highest BCUT2D eigenvalue weighted by Crippen LogP contribution is 2.12. The van der Waals surface area contributed by atoms with Gasteiger partial charge in [0.05, 0.1) is 6.54 Å². The number of aromatic nitrogens is 1. The van der Waals surface area contributed by atoms with Gasteiger partial charge in [-0.15, -0.1) is 0 Å². The summed E-state index contributed by atoms with van der Waals surface area (Å²) in [4.78, 5) is 31.0. The van der Waals surface area contributed by atoms with Gasteiger partial charge in [-0.2, -0.15) is 0 Å². The second kappa shape index (κ2) is 6.67. The van der Waals surface area contributed by atoms with Crippen LogP contribution >= 0.6 is 11.6 Å². The second-order valence-electron chi connectivity index (χ2n) is 4.75. The molecule has 0 saturated carbocycles. The summed E-state index contributed by atoms with van der Waals surface area (Å²) < 4.78 is 0. The molecule has 2 N–H and O–H groups in total. The van der Waals surface area contributed by atoms with Crippen molar-refractivity contribution in [2.45, 2.75) is 6.42 Å². The number of carbonyl (C=O) groups is 2. The molecular formula is C13H17ClN4O2. The van der Waals surface area contributed by atoms with Crippen molar-refractivity contribution in [1.82, 2.24) is 14.8 Å². The highest BCUT2D eigenvalue weighted by molar-refractivity contribution is 6.30.